The highest BCUT2D eigenvalue weighted by Gasteiger charge is 2.29. The maximum absolute atomic E-state index is 6.57. The third kappa shape index (κ3) is 4.04. The third-order valence-corrected chi connectivity index (χ3v) is 14.0. The Balaban J connectivity index is 1.22. The predicted molar refractivity (Wildman–Crippen MR) is 198 cm³/mol. The Kier molecular flexibility index (Phi) is 6.28. The van der Waals surface area contributed by atoms with Gasteiger partial charge in [0.2, 0.25) is 0 Å². The fourth-order valence-electron chi connectivity index (χ4n) is 6.93. The molecule has 46 heavy (non-hydrogen) atoms. The highest BCUT2D eigenvalue weighted by Crippen LogP contribution is 2.50. The van der Waals surface area contributed by atoms with Crippen LogP contribution >= 0.6 is 6.04 Å². The Morgan fingerprint density at radius 2 is 1.15 bits per heavy atom. The molecule has 0 atom stereocenters. The minimum Gasteiger partial charge on any atom is -0.306 e. The minimum absolute atomic E-state index is 0.920. The summed E-state index contributed by atoms with van der Waals surface area (Å²) in [5.41, 5.74) is 8.98. The van der Waals surface area contributed by atoms with Gasteiger partial charge < -0.3 is 9.47 Å². The van der Waals surface area contributed by atoms with Crippen LogP contribution in [0.4, 0.5) is 17.1 Å². The average molecular weight is 626 g/mol. The molecule has 0 radical (unpaired) electrons. The molecule has 0 saturated heterocycles. The van der Waals surface area contributed by atoms with Crippen LogP contribution in [0.2, 0.25) is 0 Å². The first kappa shape index (κ1) is 27.1. The molecule has 5 heteroatoms. The van der Waals surface area contributed by atoms with E-state index >= 15 is 0 Å². The van der Waals surface area contributed by atoms with Gasteiger partial charge in [-0.1, -0.05) is 127 Å². The number of benzene rings is 6. The van der Waals surface area contributed by atoms with Crippen molar-refractivity contribution in [1.82, 2.24) is 9.55 Å². The van der Waals surface area contributed by atoms with E-state index in [1.54, 1.807) is 0 Å². The standard InChI is InChI=1S/C41H28N3PS/c46-45(31-15-6-2-7-16-31,32-17-8-3-9-18-32)33-24-25-36(42-28-33)29-23-26-38-40(27-29)43(30-13-4-1-5-14-30)39-22-12-20-35-34-19-10-11-21-37(34)44(38)41(35)39/h1-28H. The summed E-state index contributed by atoms with van der Waals surface area (Å²) in [4.78, 5) is 7.46. The lowest BCUT2D eigenvalue weighted by Gasteiger charge is -2.33. The van der Waals surface area contributed by atoms with Crippen molar-refractivity contribution in [2.24, 2.45) is 0 Å². The first-order chi connectivity index (χ1) is 22.7. The van der Waals surface area contributed by atoms with E-state index in [-0.39, 0.29) is 0 Å². The van der Waals surface area contributed by atoms with Gasteiger partial charge in [-0.15, -0.1) is 0 Å². The Hall–Kier alpha value is -5.28. The molecule has 0 saturated carbocycles. The zero-order valence-electron chi connectivity index (χ0n) is 24.9. The highest BCUT2D eigenvalue weighted by atomic mass is 32.4. The monoisotopic (exact) mass is 625 g/mol. The third-order valence-electron chi connectivity index (χ3n) is 9.03. The zero-order chi connectivity index (χ0) is 30.7. The van der Waals surface area contributed by atoms with Crippen LogP contribution in [0.15, 0.2) is 170 Å². The Labute approximate surface area is 273 Å². The normalized spacial score (nSPS) is 12.4. The maximum atomic E-state index is 6.57. The van der Waals surface area contributed by atoms with E-state index in [9.17, 15) is 0 Å². The molecule has 0 aliphatic carbocycles. The molecule has 0 unspecified atom stereocenters. The lowest BCUT2D eigenvalue weighted by Crippen LogP contribution is -2.25. The van der Waals surface area contributed by atoms with Gasteiger partial charge in [-0.2, -0.15) is 0 Å². The lowest BCUT2D eigenvalue weighted by molar-refractivity contribution is 1.11. The average Bonchev–Trinajstić information content (AvgIpc) is 3.48. The molecule has 1 aliphatic rings. The summed E-state index contributed by atoms with van der Waals surface area (Å²) >= 11 is 6.57. The van der Waals surface area contributed by atoms with Crippen LogP contribution in [0.5, 0.6) is 0 Å². The van der Waals surface area contributed by atoms with Crippen molar-refractivity contribution < 1.29 is 0 Å². The summed E-state index contributed by atoms with van der Waals surface area (Å²) in [6.45, 7) is 0. The molecule has 3 heterocycles. The molecule has 0 N–H and O–H groups in total. The van der Waals surface area contributed by atoms with Crippen molar-refractivity contribution in [2.45, 2.75) is 0 Å². The van der Waals surface area contributed by atoms with Gasteiger partial charge in [0.1, 0.15) is 0 Å². The number of hydrogen-bond donors (Lipinski definition) is 0. The molecule has 0 amide bonds. The Morgan fingerprint density at radius 1 is 0.500 bits per heavy atom. The molecule has 2 aromatic heterocycles. The van der Waals surface area contributed by atoms with Gasteiger partial charge in [-0.3, -0.25) is 4.98 Å². The molecule has 6 aromatic carbocycles. The smallest absolute Gasteiger partial charge is 0.0783 e. The van der Waals surface area contributed by atoms with E-state index in [1.165, 1.54) is 38.1 Å². The fraction of sp³-hybridized carbons (Fsp3) is 0. The van der Waals surface area contributed by atoms with E-state index in [4.69, 9.17) is 16.8 Å². The first-order valence-corrected chi connectivity index (χ1v) is 18.2. The quantitative estimate of drug-likeness (QED) is 0.178. The molecule has 0 bridgehead atoms. The van der Waals surface area contributed by atoms with Crippen molar-refractivity contribution in [3.05, 3.63) is 170 Å². The largest absolute Gasteiger partial charge is 0.306 e. The van der Waals surface area contributed by atoms with E-state index in [0.29, 0.717) is 0 Å². The number of pyridine rings is 1. The summed E-state index contributed by atoms with van der Waals surface area (Å²) < 4.78 is 2.42. The van der Waals surface area contributed by atoms with Gasteiger partial charge >= 0.3 is 0 Å². The van der Waals surface area contributed by atoms with Crippen molar-refractivity contribution in [1.29, 1.82) is 0 Å². The van der Waals surface area contributed by atoms with Crippen molar-refractivity contribution in [2.75, 3.05) is 4.90 Å². The second kappa shape index (κ2) is 10.7. The molecule has 1 aliphatic heterocycles. The molecule has 8 aromatic rings. The van der Waals surface area contributed by atoms with Crippen LogP contribution in [-0.2, 0) is 11.8 Å². The van der Waals surface area contributed by atoms with Gasteiger partial charge in [0.05, 0.1) is 33.8 Å². The summed E-state index contributed by atoms with van der Waals surface area (Å²) in [5, 5.41) is 5.94. The molecule has 218 valence electrons. The van der Waals surface area contributed by atoms with Crippen LogP contribution in [0.3, 0.4) is 0 Å². The summed E-state index contributed by atoms with van der Waals surface area (Å²) in [7, 11) is 0. The summed E-state index contributed by atoms with van der Waals surface area (Å²) in [5.74, 6) is 0. The van der Waals surface area contributed by atoms with Gasteiger partial charge in [0.25, 0.3) is 0 Å². The molecule has 0 spiro atoms. The Bertz CT molecular complexity index is 2390. The van der Waals surface area contributed by atoms with Gasteiger partial charge in [-0.05, 0) is 59.1 Å². The van der Waals surface area contributed by atoms with E-state index in [2.05, 4.69) is 161 Å². The van der Waals surface area contributed by atoms with Crippen molar-refractivity contribution in [3.63, 3.8) is 0 Å². The molecule has 9 rings (SSSR count). The van der Waals surface area contributed by atoms with Crippen LogP contribution < -0.4 is 20.8 Å². The SMILES string of the molecule is S=P(c1ccccc1)(c1ccccc1)c1ccc(-c2ccc3c(c2)N(c2ccccc2)c2cccc4c5ccccc5n-3c24)nc1. The topological polar surface area (TPSA) is 21.1 Å². The van der Waals surface area contributed by atoms with Crippen LogP contribution in [-0.4, -0.2) is 9.55 Å². The van der Waals surface area contributed by atoms with E-state index in [1.807, 2.05) is 18.3 Å². The number of nitrogens with zero attached hydrogens (tertiary/aromatic N) is 3. The maximum Gasteiger partial charge on any atom is 0.0783 e. The minimum atomic E-state index is -2.27. The van der Waals surface area contributed by atoms with Crippen LogP contribution in [0, 0.1) is 0 Å². The number of hydrogen-bond acceptors (Lipinski definition) is 3. The first-order valence-electron chi connectivity index (χ1n) is 15.4. The number of para-hydroxylation sites is 3. The Morgan fingerprint density at radius 3 is 1.85 bits per heavy atom. The van der Waals surface area contributed by atoms with E-state index < -0.39 is 6.04 Å². The lowest BCUT2D eigenvalue weighted by atomic mass is 10.0. The predicted octanol–water partition coefficient (Wildman–Crippen LogP) is 9.38. The molecular weight excluding hydrogens is 598 g/mol. The van der Waals surface area contributed by atoms with Crippen molar-refractivity contribution >= 4 is 72.6 Å². The van der Waals surface area contributed by atoms with E-state index in [0.717, 1.165) is 33.6 Å². The summed E-state index contributed by atoms with van der Waals surface area (Å²) in [6, 6.07) is 55.8. The second-order valence-corrected chi connectivity index (χ2v) is 16.0. The van der Waals surface area contributed by atoms with Crippen molar-refractivity contribution in [3.8, 4) is 16.9 Å². The number of aromatic nitrogens is 2. The summed E-state index contributed by atoms with van der Waals surface area (Å²) in [6.07, 6.45) is 2.00. The number of anilines is 3. The van der Waals surface area contributed by atoms with Gasteiger partial charge in [0.15, 0.2) is 0 Å². The number of rotatable bonds is 5. The molecule has 0 fully saturated rings. The van der Waals surface area contributed by atoms with Gasteiger partial charge in [0, 0.05) is 39.6 Å². The highest BCUT2D eigenvalue weighted by molar-refractivity contribution is 8.25. The number of fused-ring (bicyclic) bond motifs is 5. The molecular formula is C41H28N3PS. The zero-order valence-corrected chi connectivity index (χ0v) is 26.6. The van der Waals surface area contributed by atoms with Crippen LogP contribution in [0.25, 0.3) is 38.8 Å². The van der Waals surface area contributed by atoms with Crippen LogP contribution in [0.1, 0.15) is 0 Å². The fourth-order valence-corrected chi connectivity index (χ4v) is 10.6. The molecule has 3 nitrogen and oxygen atoms in total. The van der Waals surface area contributed by atoms with Gasteiger partial charge in [-0.25, -0.2) is 0 Å². The second-order valence-electron chi connectivity index (χ2n) is 11.6.